The maximum Gasteiger partial charge on any atom is 0.189 e. The average molecular weight is 384 g/mol. The third-order valence-corrected chi connectivity index (χ3v) is 4.28. The van der Waals surface area contributed by atoms with Gasteiger partial charge in [-0.1, -0.05) is 37.7 Å². The van der Waals surface area contributed by atoms with Crippen LogP contribution >= 0.6 is 11.8 Å². The van der Waals surface area contributed by atoms with Crippen LogP contribution in [-0.4, -0.2) is 40.9 Å². The van der Waals surface area contributed by atoms with E-state index in [0.717, 1.165) is 35.5 Å². The number of aromatic nitrogens is 3. The molecule has 6 nitrogen and oxygen atoms in total. The molecule has 0 fully saturated rings. The first kappa shape index (κ1) is 20.7. The number of thioether (sulfide) groups is 1. The lowest BCUT2D eigenvalue weighted by molar-refractivity contribution is 0.340. The van der Waals surface area contributed by atoms with Crippen LogP contribution in [0.3, 0.4) is 0 Å². The standard InChI is InChI=1S/C16H14N4OS.C4H11N/c1-3-21-12-6-4-5-10(7-12)14-13-11(8-17)9-18-15(13)20-16(19-14)22-2;1-3-5-4-2/h4-7,9H,3H2,1-2H3,(H,18,19,20);5H,3-4H2,1-2H3. The van der Waals surface area contributed by atoms with Crippen molar-refractivity contribution in [3.05, 3.63) is 36.0 Å². The van der Waals surface area contributed by atoms with Crippen LogP contribution in [0.5, 0.6) is 5.75 Å². The highest BCUT2D eigenvalue weighted by Crippen LogP contribution is 2.31. The second-order valence-corrected chi connectivity index (χ2v) is 6.29. The highest BCUT2D eigenvalue weighted by molar-refractivity contribution is 7.98. The second-order valence-electron chi connectivity index (χ2n) is 5.51. The Morgan fingerprint density at radius 2 is 2.00 bits per heavy atom. The maximum atomic E-state index is 9.31. The lowest BCUT2D eigenvalue weighted by atomic mass is 10.1. The van der Waals surface area contributed by atoms with E-state index in [-0.39, 0.29) is 0 Å². The average Bonchev–Trinajstić information content (AvgIpc) is 3.12. The zero-order valence-corrected chi connectivity index (χ0v) is 17.0. The second kappa shape index (κ2) is 10.6. The Morgan fingerprint density at radius 3 is 2.59 bits per heavy atom. The molecule has 0 aliphatic heterocycles. The van der Waals surface area contributed by atoms with Crippen molar-refractivity contribution in [2.45, 2.75) is 25.9 Å². The van der Waals surface area contributed by atoms with Crippen molar-refractivity contribution in [3.8, 4) is 23.1 Å². The van der Waals surface area contributed by atoms with Crippen LogP contribution in [-0.2, 0) is 0 Å². The van der Waals surface area contributed by atoms with Gasteiger partial charge in [0.25, 0.3) is 0 Å². The predicted octanol–water partition coefficient (Wildman–Crippen LogP) is 4.23. The van der Waals surface area contributed by atoms with Crippen molar-refractivity contribution >= 4 is 22.8 Å². The number of nitrogens with one attached hydrogen (secondary N) is 2. The summed E-state index contributed by atoms with van der Waals surface area (Å²) < 4.78 is 5.55. The van der Waals surface area contributed by atoms with Gasteiger partial charge in [0.2, 0.25) is 0 Å². The van der Waals surface area contributed by atoms with E-state index in [2.05, 4.69) is 40.2 Å². The monoisotopic (exact) mass is 383 g/mol. The molecule has 0 amide bonds. The van der Waals surface area contributed by atoms with E-state index in [1.807, 2.05) is 37.4 Å². The lowest BCUT2D eigenvalue weighted by Gasteiger charge is -2.08. The van der Waals surface area contributed by atoms with Gasteiger partial charge in [-0.3, -0.25) is 0 Å². The third-order valence-electron chi connectivity index (χ3n) is 3.73. The molecule has 0 saturated carbocycles. The summed E-state index contributed by atoms with van der Waals surface area (Å²) in [6.45, 7) is 8.94. The van der Waals surface area contributed by atoms with E-state index in [1.54, 1.807) is 6.20 Å². The Hall–Kier alpha value is -2.56. The van der Waals surface area contributed by atoms with Crippen molar-refractivity contribution in [2.75, 3.05) is 26.0 Å². The molecule has 3 rings (SSSR count). The molecule has 1 aromatic carbocycles. The molecule has 0 saturated heterocycles. The molecule has 2 heterocycles. The fourth-order valence-electron chi connectivity index (χ4n) is 2.55. The van der Waals surface area contributed by atoms with Gasteiger partial charge in [-0.25, -0.2) is 9.97 Å². The van der Waals surface area contributed by atoms with Crippen LogP contribution in [0.4, 0.5) is 0 Å². The van der Waals surface area contributed by atoms with Gasteiger partial charge in [0.1, 0.15) is 17.5 Å². The number of H-pyrrole nitrogens is 1. The molecule has 0 atom stereocenters. The molecule has 3 aromatic rings. The number of rotatable bonds is 6. The summed E-state index contributed by atoms with van der Waals surface area (Å²) in [4.78, 5) is 12.1. The Morgan fingerprint density at radius 1 is 1.22 bits per heavy atom. The minimum absolute atomic E-state index is 0.541. The summed E-state index contributed by atoms with van der Waals surface area (Å²) in [6.07, 6.45) is 3.59. The first-order valence-corrected chi connectivity index (χ1v) is 10.2. The minimum Gasteiger partial charge on any atom is -0.494 e. The number of nitriles is 1. The van der Waals surface area contributed by atoms with Crippen LogP contribution < -0.4 is 10.1 Å². The molecule has 2 aromatic heterocycles. The largest absolute Gasteiger partial charge is 0.494 e. The molecule has 7 heteroatoms. The Bertz CT molecular complexity index is 914. The summed E-state index contributed by atoms with van der Waals surface area (Å²) in [5.74, 6) is 0.784. The van der Waals surface area contributed by atoms with Gasteiger partial charge in [-0.15, -0.1) is 0 Å². The van der Waals surface area contributed by atoms with E-state index in [1.165, 1.54) is 11.8 Å². The first-order valence-electron chi connectivity index (χ1n) is 8.95. The zero-order valence-electron chi connectivity index (χ0n) is 16.2. The van der Waals surface area contributed by atoms with E-state index >= 15 is 0 Å². The summed E-state index contributed by atoms with van der Waals surface area (Å²) in [6, 6.07) is 9.91. The Balaban J connectivity index is 0.000000465. The molecule has 0 aliphatic carbocycles. The summed E-state index contributed by atoms with van der Waals surface area (Å²) in [5.41, 5.74) is 2.87. The molecule has 0 aliphatic rings. The maximum absolute atomic E-state index is 9.31. The minimum atomic E-state index is 0.541. The fourth-order valence-corrected chi connectivity index (χ4v) is 2.92. The van der Waals surface area contributed by atoms with E-state index in [4.69, 9.17) is 4.74 Å². The first-order chi connectivity index (χ1) is 13.2. The SMILES string of the molecule is CCNCC.CCOc1cccc(-c2nc(SC)nc3[nH]cc(C#N)c23)c1. The molecule has 0 unspecified atom stereocenters. The third kappa shape index (κ3) is 5.22. The lowest BCUT2D eigenvalue weighted by Crippen LogP contribution is -2.09. The van der Waals surface area contributed by atoms with Crippen molar-refractivity contribution in [2.24, 2.45) is 0 Å². The highest BCUT2D eigenvalue weighted by Gasteiger charge is 2.15. The quantitative estimate of drug-likeness (QED) is 0.489. The fraction of sp³-hybridized carbons (Fsp3) is 0.350. The van der Waals surface area contributed by atoms with Gasteiger partial charge in [0.15, 0.2) is 5.16 Å². The highest BCUT2D eigenvalue weighted by atomic mass is 32.2. The molecule has 0 bridgehead atoms. The van der Waals surface area contributed by atoms with Crippen LogP contribution in [0.2, 0.25) is 0 Å². The molecule has 2 N–H and O–H groups in total. The Labute approximate surface area is 164 Å². The summed E-state index contributed by atoms with van der Waals surface area (Å²) in [7, 11) is 0. The van der Waals surface area contributed by atoms with Crippen LogP contribution in [0.1, 0.15) is 26.3 Å². The molecule has 27 heavy (non-hydrogen) atoms. The summed E-state index contributed by atoms with van der Waals surface area (Å²) in [5, 5.41) is 13.8. The predicted molar refractivity (Wildman–Crippen MR) is 111 cm³/mol. The van der Waals surface area contributed by atoms with Crippen LogP contribution in [0.25, 0.3) is 22.3 Å². The van der Waals surface area contributed by atoms with Crippen LogP contribution in [0.15, 0.2) is 35.6 Å². The normalized spacial score (nSPS) is 10.2. The smallest absolute Gasteiger partial charge is 0.189 e. The number of fused-ring (bicyclic) bond motifs is 1. The number of hydrogen-bond acceptors (Lipinski definition) is 6. The van der Waals surface area contributed by atoms with Gasteiger partial charge in [-0.2, -0.15) is 5.26 Å². The number of nitrogens with zero attached hydrogens (tertiary/aromatic N) is 3. The summed E-state index contributed by atoms with van der Waals surface area (Å²) >= 11 is 1.47. The number of aromatic amines is 1. The van der Waals surface area contributed by atoms with Crippen molar-refractivity contribution in [3.63, 3.8) is 0 Å². The van der Waals surface area contributed by atoms with Gasteiger partial charge in [0, 0.05) is 11.8 Å². The molecule has 0 spiro atoms. The van der Waals surface area contributed by atoms with E-state index < -0.39 is 0 Å². The number of benzene rings is 1. The molecular formula is C20H25N5OS. The van der Waals surface area contributed by atoms with Crippen LogP contribution in [0, 0.1) is 11.3 Å². The topological polar surface area (TPSA) is 86.6 Å². The zero-order chi connectivity index (χ0) is 19.6. The van der Waals surface area contributed by atoms with Gasteiger partial charge in [0.05, 0.1) is 23.3 Å². The van der Waals surface area contributed by atoms with Crippen molar-refractivity contribution < 1.29 is 4.74 Å². The molecular weight excluding hydrogens is 358 g/mol. The van der Waals surface area contributed by atoms with Gasteiger partial charge < -0.3 is 15.0 Å². The van der Waals surface area contributed by atoms with E-state index in [0.29, 0.717) is 23.0 Å². The number of ether oxygens (including phenoxy) is 1. The Kier molecular flexibility index (Phi) is 8.11. The number of hydrogen-bond donors (Lipinski definition) is 2. The van der Waals surface area contributed by atoms with Crippen molar-refractivity contribution in [1.29, 1.82) is 5.26 Å². The van der Waals surface area contributed by atoms with Gasteiger partial charge in [-0.05, 0) is 38.4 Å². The van der Waals surface area contributed by atoms with Crippen molar-refractivity contribution in [1.82, 2.24) is 20.3 Å². The van der Waals surface area contributed by atoms with Gasteiger partial charge >= 0.3 is 0 Å². The molecule has 0 radical (unpaired) electrons. The molecule has 142 valence electrons. The van der Waals surface area contributed by atoms with E-state index in [9.17, 15) is 5.26 Å².